The SMILES string of the molecule is COC(C)(C)CNC(=O)C(S)C(C)C. The van der Waals surface area contributed by atoms with E-state index in [1.54, 1.807) is 7.11 Å². The molecule has 0 radical (unpaired) electrons. The zero-order chi connectivity index (χ0) is 11.4. The summed E-state index contributed by atoms with van der Waals surface area (Å²) in [5.41, 5.74) is -0.319. The molecule has 0 saturated carbocycles. The molecule has 1 amide bonds. The number of thiol groups is 1. The summed E-state index contributed by atoms with van der Waals surface area (Å²) in [5, 5.41) is 2.57. The van der Waals surface area contributed by atoms with E-state index in [0.717, 1.165) is 0 Å². The number of hydrogen-bond donors (Lipinski definition) is 2. The largest absolute Gasteiger partial charge is 0.377 e. The summed E-state index contributed by atoms with van der Waals surface area (Å²) in [6.45, 7) is 8.30. The van der Waals surface area contributed by atoms with Crippen LogP contribution in [0, 0.1) is 5.92 Å². The predicted octanol–water partition coefficient (Wildman–Crippen LogP) is 1.48. The summed E-state index contributed by atoms with van der Waals surface area (Å²) in [7, 11) is 1.63. The van der Waals surface area contributed by atoms with Crippen molar-refractivity contribution in [3.8, 4) is 0 Å². The maximum Gasteiger partial charge on any atom is 0.233 e. The van der Waals surface area contributed by atoms with Gasteiger partial charge in [0.1, 0.15) is 0 Å². The third-order valence-electron chi connectivity index (χ3n) is 2.14. The molecule has 1 unspecified atom stereocenters. The molecule has 4 heteroatoms. The minimum absolute atomic E-state index is 0.0338. The van der Waals surface area contributed by atoms with Crippen LogP contribution in [0.4, 0.5) is 0 Å². The van der Waals surface area contributed by atoms with Crippen LogP contribution in [0.15, 0.2) is 0 Å². The molecule has 0 spiro atoms. The Hall–Kier alpha value is -0.220. The van der Waals surface area contributed by atoms with Crippen molar-refractivity contribution >= 4 is 18.5 Å². The van der Waals surface area contributed by atoms with Gasteiger partial charge in [-0.05, 0) is 19.8 Å². The summed E-state index contributed by atoms with van der Waals surface area (Å²) in [6.07, 6.45) is 0. The van der Waals surface area contributed by atoms with Gasteiger partial charge in [-0.25, -0.2) is 0 Å². The molecule has 0 saturated heterocycles. The second-order valence-corrected chi connectivity index (χ2v) is 4.93. The minimum Gasteiger partial charge on any atom is -0.377 e. The molecule has 3 nitrogen and oxygen atoms in total. The Morgan fingerprint density at radius 1 is 1.50 bits per heavy atom. The van der Waals surface area contributed by atoms with Gasteiger partial charge in [0.2, 0.25) is 5.91 Å². The van der Waals surface area contributed by atoms with Gasteiger partial charge in [-0.2, -0.15) is 12.6 Å². The van der Waals surface area contributed by atoms with Gasteiger partial charge in [0.25, 0.3) is 0 Å². The van der Waals surface area contributed by atoms with Crippen LogP contribution in [0.3, 0.4) is 0 Å². The lowest BCUT2D eigenvalue weighted by molar-refractivity contribution is -0.122. The van der Waals surface area contributed by atoms with Crippen molar-refractivity contribution in [3.05, 3.63) is 0 Å². The van der Waals surface area contributed by atoms with Gasteiger partial charge in [0, 0.05) is 13.7 Å². The van der Waals surface area contributed by atoms with E-state index in [4.69, 9.17) is 4.74 Å². The van der Waals surface area contributed by atoms with Crippen LogP contribution in [-0.4, -0.2) is 30.4 Å². The van der Waals surface area contributed by atoms with Crippen molar-refractivity contribution in [2.75, 3.05) is 13.7 Å². The van der Waals surface area contributed by atoms with Crippen LogP contribution in [0.25, 0.3) is 0 Å². The van der Waals surface area contributed by atoms with Gasteiger partial charge in [-0.3, -0.25) is 4.79 Å². The molecule has 0 aromatic carbocycles. The number of nitrogens with one attached hydrogen (secondary N) is 1. The van der Waals surface area contributed by atoms with Crippen molar-refractivity contribution in [2.45, 2.75) is 38.5 Å². The van der Waals surface area contributed by atoms with Crippen molar-refractivity contribution in [3.63, 3.8) is 0 Å². The lowest BCUT2D eigenvalue weighted by atomic mass is 10.1. The predicted molar refractivity (Wildman–Crippen MR) is 61.7 cm³/mol. The maximum absolute atomic E-state index is 11.5. The zero-order valence-electron chi connectivity index (χ0n) is 9.63. The molecule has 0 aromatic rings. The van der Waals surface area contributed by atoms with Gasteiger partial charge in [0.15, 0.2) is 0 Å². The molecule has 14 heavy (non-hydrogen) atoms. The van der Waals surface area contributed by atoms with Gasteiger partial charge in [-0.1, -0.05) is 13.8 Å². The first kappa shape index (κ1) is 13.8. The minimum atomic E-state index is -0.319. The molecular weight excluding hydrogens is 198 g/mol. The molecule has 0 aliphatic carbocycles. The topological polar surface area (TPSA) is 38.3 Å². The Bertz CT molecular complexity index is 193. The van der Waals surface area contributed by atoms with E-state index in [-0.39, 0.29) is 22.7 Å². The molecule has 0 heterocycles. The van der Waals surface area contributed by atoms with E-state index in [1.165, 1.54) is 0 Å². The van der Waals surface area contributed by atoms with E-state index in [9.17, 15) is 4.79 Å². The number of carbonyl (C=O) groups excluding carboxylic acids is 1. The fourth-order valence-corrected chi connectivity index (χ4v) is 0.871. The van der Waals surface area contributed by atoms with E-state index in [0.29, 0.717) is 6.54 Å². The smallest absolute Gasteiger partial charge is 0.233 e. The molecule has 1 atom stereocenters. The lowest BCUT2D eigenvalue weighted by Crippen LogP contribution is -2.43. The van der Waals surface area contributed by atoms with Gasteiger partial charge in [-0.15, -0.1) is 0 Å². The monoisotopic (exact) mass is 219 g/mol. The van der Waals surface area contributed by atoms with Crippen LogP contribution >= 0.6 is 12.6 Å². The quantitative estimate of drug-likeness (QED) is 0.687. The second-order valence-electron chi connectivity index (χ2n) is 4.37. The van der Waals surface area contributed by atoms with Gasteiger partial charge < -0.3 is 10.1 Å². The van der Waals surface area contributed by atoms with Crippen LogP contribution in [-0.2, 0) is 9.53 Å². The molecule has 0 fully saturated rings. The van der Waals surface area contributed by atoms with E-state index in [1.807, 2.05) is 27.7 Å². The Morgan fingerprint density at radius 2 is 2.00 bits per heavy atom. The summed E-state index contributed by atoms with van der Waals surface area (Å²) < 4.78 is 5.19. The van der Waals surface area contributed by atoms with Crippen molar-refractivity contribution in [1.29, 1.82) is 0 Å². The molecule has 0 aliphatic heterocycles. The van der Waals surface area contributed by atoms with Crippen molar-refractivity contribution < 1.29 is 9.53 Å². The maximum atomic E-state index is 11.5. The Kier molecular flexibility index (Phi) is 5.52. The van der Waals surface area contributed by atoms with E-state index >= 15 is 0 Å². The molecule has 84 valence electrons. The average molecular weight is 219 g/mol. The van der Waals surface area contributed by atoms with Crippen molar-refractivity contribution in [2.24, 2.45) is 5.92 Å². The highest BCUT2D eigenvalue weighted by molar-refractivity contribution is 7.81. The highest BCUT2D eigenvalue weighted by Gasteiger charge is 2.21. The average Bonchev–Trinajstić information content (AvgIpc) is 2.13. The Balaban J connectivity index is 3.97. The highest BCUT2D eigenvalue weighted by atomic mass is 32.1. The number of amides is 1. The number of methoxy groups -OCH3 is 1. The zero-order valence-corrected chi connectivity index (χ0v) is 10.5. The molecular formula is C10H21NO2S. The highest BCUT2D eigenvalue weighted by Crippen LogP contribution is 2.10. The summed E-state index contributed by atoms with van der Waals surface area (Å²) in [4.78, 5) is 11.5. The Labute approximate surface area is 92.0 Å². The fourth-order valence-electron chi connectivity index (χ4n) is 0.779. The van der Waals surface area contributed by atoms with Crippen LogP contribution in [0.5, 0.6) is 0 Å². The van der Waals surface area contributed by atoms with Gasteiger partial charge in [0.05, 0.1) is 10.9 Å². The number of ether oxygens (including phenoxy) is 1. The first-order chi connectivity index (χ1) is 6.30. The molecule has 0 aromatic heterocycles. The molecule has 0 bridgehead atoms. The number of hydrogen-bond acceptors (Lipinski definition) is 3. The fraction of sp³-hybridized carbons (Fsp3) is 0.900. The summed E-state index contributed by atoms with van der Waals surface area (Å²) in [6, 6.07) is 0. The summed E-state index contributed by atoms with van der Waals surface area (Å²) in [5.74, 6) is 0.206. The number of carbonyl (C=O) groups is 1. The summed E-state index contributed by atoms with van der Waals surface area (Å²) >= 11 is 4.23. The van der Waals surface area contributed by atoms with Crippen LogP contribution < -0.4 is 5.32 Å². The van der Waals surface area contributed by atoms with Crippen molar-refractivity contribution in [1.82, 2.24) is 5.32 Å². The normalized spacial score (nSPS) is 14.2. The molecule has 1 N–H and O–H groups in total. The van der Waals surface area contributed by atoms with Crippen LogP contribution in [0.2, 0.25) is 0 Å². The molecule has 0 aliphatic rings. The van der Waals surface area contributed by atoms with E-state index < -0.39 is 0 Å². The standard InChI is InChI=1S/C10H21NO2S/c1-7(2)8(14)9(12)11-6-10(3,4)13-5/h7-8,14H,6H2,1-5H3,(H,11,12). The lowest BCUT2D eigenvalue weighted by Gasteiger charge is -2.24. The molecule has 0 rings (SSSR count). The van der Waals surface area contributed by atoms with Crippen LogP contribution in [0.1, 0.15) is 27.7 Å². The van der Waals surface area contributed by atoms with Gasteiger partial charge >= 0.3 is 0 Å². The third kappa shape index (κ3) is 4.86. The first-order valence-corrected chi connectivity index (χ1v) is 5.32. The Morgan fingerprint density at radius 3 is 2.36 bits per heavy atom. The third-order valence-corrected chi connectivity index (χ3v) is 2.97. The first-order valence-electron chi connectivity index (χ1n) is 4.81. The van der Waals surface area contributed by atoms with E-state index in [2.05, 4.69) is 17.9 Å². The number of rotatable bonds is 5. The second kappa shape index (κ2) is 5.61.